The molecule has 0 aromatic heterocycles. The third-order valence-corrected chi connectivity index (χ3v) is 4.21. The van der Waals surface area contributed by atoms with Crippen molar-refractivity contribution in [1.82, 2.24) is 0 Å². The third-order valence-electron chi connectivity index (χ3n) is 3.72. The van der Waals surface area contributed by atoms with Crippen molar-refractivity contribution < 1.29 is 14.3 Å². The van der Waals surface area contributed by atoms with E-state index < -0.39 is 0 Å². The summed E-state index contributed by atoms with van der Waals surface area (Å²) in [7, 11) is 3.12. The molecule has 0 radical (unpaired) electrons. The fourth-order valence-electron chi connectivity index (χ4n) is 2.53. The first-order chi connectivity index (χ1) is 11.6. The number of fused-ring (bicyclic) bond motifs is 1. The van der Waals surface area contributed by atoms with E-state index in [1.54, 1.807) is 26.4 Å². The molecule has 1 amide bonds. The van der Waals surface area contributed by atoms with Crippen LogP contribution in [-0.2, 0) is 0 Å². The molecule has 4 nitrogen and oxygen atoms in total. The molecule has 3 aromatic rings. The number of hydrogen-bond acceptors (Lipinski definition) is 3. The van der Waals surface area contributed by atoms with Gasteiger partial charge in [0.1, 0.15) is 11.5 Å². The number of rotatable bonds is 4. The molecular formula is C19H16BrNO3. The molecule has 5 heteroatoms. The van der Waals surface area contributed by atoms with E-state index in [0.717, 1.165) is 15.2 Å². The highest BCUT2D eigenvalue weighted by molar-refractivity contribution is 9.10. The van der Waals surface area contributed by atoms with E-state index in [1.807, 2.05) is 42.5 Å². The first-order valence-electron chi connectivity index (χ1n) is 7.34. The van der Waals surface area contributed by atoms with Crippen molar-refractivity contribution in [2.45, 2.75) is 0 Å². The number of halogens is 1. The number of nitrogens with one attached hydrogen (secondary N) is 1. The van der Waals surface area contributed by atoms with E-state index in [-0.39, 0.29) is 5.91 Å². The highest BCUT2D eigenvalue weighted by Crippen LogP contribution is 2.30. The molecule has 1 N–H and O–H groups in total. The quantitative estimate of drug-likeness (QED) is 0.696. The molecule has 0 aliphatic rings. The van der Waals surface area contributed by atoms with Gasteiger partial charge in [0.15, 0.2) is 0 Å². The van der Waals surface area contributed by atoms with Crippen LogP contribution in [0.25, 0.3) is 10.8 Å². The zero-order valence-corrected chi connectivity index (χ0v) is 14.9. The number of anilines is 1. The molecule has 0 aliphatic carbocycles. The molecule has 24 heavy (non-hydrogen) atoms. The zero-order chi connectivity index (χ0) is 17.1. The Morgan fingerprint density at radius 3 is 2.42 bits per heavy atom. The molecule has 0 saturated heterocycles. The summed E-state index contributed by atoms with van der Waals surface area (Å²) < 4.78 is 11.6. The van der Waals surface area contributed by atoms with Gasteiger partial charge in [0.2, 0.25) is 0 Å². The van der Waals surface area contributed by atoms with Crippen LogP contribution in [0.15, 0.2) is 59.1 Å². The van der Waals surface area contributed by atoms with Crippen LogP contribution in [0, 0.1) is 0 Å². The Hall–Kier alpha value is -2.53. The molecule has 0 spiro atoms. The molecule has 0 saturated carbocycles. The Balaban J connectivity index is 2.02. The van der Waals surface area contributed by atoms with E-state index in [1.165, 1.54) is 0 Å². The summed E-state index contributed by atoms with van der Waals surface area (Å²) in [6.45, 7) is 0. The largest absolute Gasteiger partial charge is 0.496 e. The average Bonchev–Trinajstić information content (AvgIpc) is 2.60. The Bertz CT molecular complexity index is 908. The highest BCUT2D eigenvalue weighted by Gasteiger charge is 2.15. The van der Waals surface area contributed by atoms with Crippen LogP contribution in [0.5, 0.6) is 11.5 Å². The van der Waals surface area contributed by atoms with Crippen LogP contribution < -0.4 is 14.8 Å². The van der Waals surface area contributed by atoms with E-state index in [2.05, 4.69) is 21.2 Å². The minimum absolute atomic E-state index is 0.252. The van der Waals surface area contributed by atoms with Gasteiger partial charge >= 0.3 is 0 Å². The van der Waals surface area contributed by atoms with Gasteiger partial charge in [-0.05, 0) is 47.2 Å². The van der Waals surface area contributed by atoms with Gasteiger partial charge in [-0.15, -0.1) is 0 Å². The van der Waals surface area contributed by atoms with Crippen molar-refractivity contribution in [3.05, 3.63) is 64.6 Å². The number of ether oxygens (including phenoxy) is 2. The van der Waals surface area contributed by atoms with Gasteiger partial charge in [0, 0.05) is 4.47 Å². The van der Waals surface area contributed by atoms with Crippen LogP contribution >= 0.6 is 15.9 Å². The van der Waals surface area contributed by atoms with Crippen molar-refractivity contribution >= 4 is 38.3 Å². The number of hydrogen-bond donors (Lipinski definition) is 1. The Kier molecular flexibility index (Phi) is 4.71. The lowest BCUT2D eigenvalue weighted by atomic mass is 10.1. The Morgan fingerprint density at radius 2 is 1.67 bits per heavy atom. The Labute approximate surface area is 148 Å². The van der Waals surface area contributed by atoms with Crippen molar-refractivity contribution in [1.29, 1.82) is 0 Å². The molecule has 0 heterocycles. The summed E-state index contributed by atoms with van der Waals surface area (Å²) in [5, 5.41) is 4.83. The monoisotopic (exact) mass is 385 g/mol. The number of para-hydroxylation sites is 2. The molecule has 0 unspecified atom stereocenters. The van der Waals surface area contributed by atoms with Crippen molar-refractivity contribution in [2.75, 3.05) is 19.5 Å². The predicted molar refractivity (Wildman–Crippen MR) is 99.1 cm³/mol. The average molecular weight is 386 g/mol. The fraction of sp³-hybridized carbons (Fsp3) is 0.105. The second-order valence-corrected chi connectivity index (χ2v) is 6.11. The minimum atomic E-state index is -0.252. The number of carbonyl (C=O) groups excluding carboxylic acids is 1. The maximum atomic E-state index is 12.7. The van der Waals surface area contributed by atoms with Crippen molar-refractivity contribution in [3.8, 4) is 11.5 Å². The second kappa shape index (κ2) is 6.93. The molecular weight excluding hydrogens is 370 g/mol. The lowest BCUT2D eigenvalue weighted by Crippen LogP contribution is -2.14. The molecule has 0 atom stereocenters. The van der Waals surface area contributed by atoms with Gasteiger partial charge in [-0.25, -0.2) is 0 Å². The maximum absolute atomic E-state index is 12.7. The molecule has 3 rings (SSSR count). The summed E-state index contributed by atoms with van der Waals surface area (Å²) >= 11 is 3.45. The van der Waals surface area contributed by atoms with Crippen LogP contribution in [0.3, 0.4) is 0 Å². The van der Waals surface area contributed by atoms with E-state index in [9.17, 15) is 4.79 Å². The molecule has 122 valence electrons. The lowest BCUT2D eigenvalue weighted by Gasteiger charge is -2.13. The number of methoxy groups -OCH3 is 2. The summed E-state index contributed by atoms with van der Waals surface area (Å²) in [6, 6.07) is 16.9. The smallest absolute Gasteiger partial charge is 0.259 e. The van der Waals surface area contributed by atoms with Gasteiger partial charge in [0.05, 0.1) is 25.5 Å². The minimum Gasteiger partial charge on any atom is -0.496 e. The first-order valence-corrected chi connectivity index (χ1v) is 8.13. The highest BCUT2D eigenvalue weighted by atomic mass is 79.9. The third kappa shape index (κ3) is 3.21. The van der Waals surface area contributed by atoms with Crippen LogP contribution in [0.2, 0.25) is 0 Å². The van der Waals surface area contributed by atoms with Gasteiger partial charge in [-0.2, -0.15) is 0 Å². The van der Waals surface area contributed by atoms with Gasteiger partial charge in [-0.1, -0.05) is 34.1 Å². The lowest BCUT2D eigenvalue weighted by molar-refractivity contribution is 0.102. The molecule has 3 aromatic carbocycles. The summed E-state index contributed by atoms with van der Waals surface area (Å²) in [5.41, 5.74) is 1.08. The van der Waals surface area contributed by atoms with Crippen molar-refractivity contribution in [2.24, 2.45) is 0 Å². The predicted octanol–water partition coefficient (Wildman–Crippen LogP) is 4.87. The normalized spacial score (nSPS) is 10.5. The second-order valence-electron chi connectivity index (χ2n) is 5.20. The molecule has 0 fully saturated rings. The van der Waals surface area contributed by atoms with Crippen LogP contribution in [0.1, 0.15) is 10.4 Å². The van der Waals surface area contributed by atoms with Crippen LogP contribution in [-0.4, -0.2) is 20.1 Å². The number of amides is 1. The summed E-state index contributed by atoms with van der Waals surface area (Å²) in [5.74, 6) is 0.879. The van der Waals surface area contributed by atoms with Gasteiger partial charge in [0.25, 0.3) is 5.91 Å². The van der Waals surface area contributed by atoms with E-state index >= 15 is 0 Å². The van der Waals surface area contributed by atoms with E-state index in [0.29, 0.717) is 22.7 Å². The Morgan fingerprint density at radius 1 is 0.917 bits per heavy atom. The molecule has 0 aliphatic heterocycles. The maximum Gasteiger partial charge on any atom is 0.259 e. The van der Waals surface area contributed by atoms with Gasteiger partial charge < -0.3 is 14.8 Å². The molecule has 0 bridgehead atoms. The topological polar surface area (TPSA) is 47.6 Å². The summed E-state index contributed by atoms with van der Waals surface area (Å²) in [4.78, 5) is 12.7. The van der Waals surface area contributed by atoms with E-state index in [4.69, 9.17) is 9.47 Å². The number of benzene rings is 3. The SMILES string of the molecule is COc1ccccc1NC(=O)c1cc2cc(Br)ccc2cc1OC. The fourth-order valence-corrected chi connectivity index (χ4v) is 2.91. The van der Waals surface area contributed by atoms with Gasteiger partial charge in [-0.3, -0.25) is 4.79 Å². The first kappa shape index (κ1) is 16.3. The van der Waals surface area contributed by atoms with Crippen LogP contribution in [0.4, 0.5) is 5.69 Å². The van der Waals surface area contributed by atoms with Crippen molar-refractivity contribution in [3.63, 3.8) is 0 Å². The zero-order valence-electron chi connectivity index (χ0n) is 13.3. The standard InChI is InChI=1S/C19H16BrNO3/c1-23-17-6-4-3-5-16(17)21-19(22)15-10-13-9-14(20)8-7-12(13)11-18(15)24-2/h3-11H,1-2H3,(H,21,22). The summed E-state index contributed by atoms with van der Waals surface area (Å²) in [6.07, 6.45) is 0. The number of carbonyl (C=O) groups is 1.